The molecule has 1 fully saturated rings. The first-order valence-corrected chi connectivity index (χ1v) is 6.98. The summed E-state index contributed by atoms with van der Waals surface area (Å²) >= 11 is 1.50. The largest absolute Gasteiger partial charge is 0.351 e. The minimum absolute atomic E-state index is 0.0537. The molecule has 0 saturated carbocycles. The van der Waals surface area contributed by atoms with Crippen LogP contribution in [-0.4, -0.2) is 41.3 Å². The highest BCUT2D eigenvalue weighted by atomic mass is 32.2. The molecule has 1 aromatic heterocycles. The Morgan fingerprint density at radius 2 is 2.47 bits per heavy atom. The van der Waals surface area contributed by atoms with Crippen LogP contribution >= 0.6 is 11.8 Å². The van der Waals surface area contributed by atoms with Gasteiger partial charge in [0.15, 0.2) is 5.16 Å². The van der Waals surface area contributed by atoms with Crippen molar-refractivity contribution in [2.75, 3.05) is 24.2 Å². The Balaban J connectivity index is 2.10. The molecule has 0 aliphatic carbocycles. The summed E-state index contributed by atoms with van der Waals surface area (Å²) in [7, 11) is 0. The molecule has 90 valence electrons. The quantitative estimate of drug-likeness (QED) is 0.593. The monoisotopic (exact) mass is 250 g/mol. The van der Waals surface area contributed by atoms with Crippen LogP contribution in [0.1, 0.15) is 23.2 Å². The van der Waals surface area contributed by atoms with Crippen LogP contribution in [0.2, 0.25) is 0 Å². The summed E-state index contributed by atoms with van der Waals surface area (Å²) < 4.78 is 0. The predicted molar refractivity (Wildman–Crippen MR) is 66.5 cm³/mol. The van der Waals surface area contributed by atoms with Gasteiger partial charge in [0.1, 0.15) is 11.4 Å². The van der Waals surface area contributed by atoms with Crippen molar-refractivity contribution < 1.29 is 4.79 Å². The Morgan fingerprint density at radius 3 is 3.29 bits per heavy atom. The van der Waals surface area contributed by atoms with Gasteiger partial charge in [0.25, 0.3) is 5.91 Å². The van der Waals surface area contributed by atoms with Crippen molar-refractivity contribution in [2.24, 2.45) is 0 Å². The summed E-state index contributed by atoms with van der Waals surface area (Å²) in [5, 5.41) is 3.67. The summed E-state index contributed by atoms with van der Waals surface area (Å²) in [5.74, 6) is 0.754. The topological polar surface area (TPSA) is 58.1 Å². The molecule has 0 aromatic carbocycles. The minimum Gasteiger partial charge on any atom is -0.351 e. The average Bonchev–Trinajstić information content (AvgIpc) is 2.79. The fraction of sp³-hybridized carbons (Fsp3) is 0.545. The van der Waals surface area contributed by atoms with E-state index in [4.69, 9.17) is 0 Å². The number of fused-ring (bicyclic) bond motifs is 3. The van der Waals surface area contributed by atoms with Crippen LogP contribution in [0.15, 0.2) is 11.4 Å². The Morgan fingerprint density at radius 1 is 1.59 bits per heavy atom. The molecule has 1 saturated heterocycles. The van der Waals surface area contributed by atoms with Gasteiger partial charge in [0, 0.05) is 25.3 Å². The molecule has 1 atom stereocenters. The molecule has 0 spiro atoms. The van der Waals surface area contributed by atoms with Gasteiger partial charge in [0.2, 0.25) is 0 Å². The normalized spacial score (nSPS) is 22.8. The van der Waals surface area contributed by atoms with Gasteiger partial charge >= 0.3 is 0 Å². The third-order valence-electron chi connectivity index (χ3n) is 3.32. The molecule has 2 aliphatic heterocycles. The standard InChI is InChI=1S/C11H14N4OS/c1-17-11-13-6-8-9(14-11)15-4-2-3-7(15)5-12-10(8)16/h6-7H,2-5H2,1H3,(H,12,16). The molecule has 0 radical (unpaired) electrons. The molecule has 0 bridgehead atoms. The summed E-state index contributed by atoms with van der Waals surface area (Å²) in [4.78, 5) is 22.8. The predicted octanol–water partition coefficient (Wildman–Crippen LogP) is 0.911. The van der Waals surface area contributed by atoms with Crippen LogP contribution in [0.5, 0.6) is 0 Å². The lowest BCUT2D eigenvalue weighted by atomic mass is 10.2. The van der Waals surface area contributed by atoms with Gasteiger partial charge in [-0.3, -0.25) is 4.79 Å². The first kappa shape index (κ1) is 10.8. The van der Waals surface area contributed by atoms with Crippen LogP contribution in [0.3, 0.4) is 0 Å². The van der Waals surface area contributed by atoms with E-state index >= 15 is 0 Å². The number of carbonyl (C=O) groups excluding carboxylic acids is 1. The lowest BCUT2D eigenvalue weighted by Gasteiger charge is -2.23. The maximum atomic E-state index is 11.9. The van der Waals surface area contributed by atoms with E-state index in [1.807, 2.05) is 6.26 Å². The second kappa shape index (κ2) is 4.18. The van der Waals surface area contributed by atoms with Gasteiger partial charge in [-0.15, -0.1) is 0 Å². The van der Waals surface area contributed by atoms with Crippen molar-refractivity contribution in [2.45, 2.75) is 24.0 Å². The van der Waals surface area contributed by atoms with E-state index < -0.39 is 0 Å². The third kappa shape index (κ3) is 1.76. The van der Waals surface area contributed by atoms with E-state index in [0.29, 0.717) is 18.2 Å². The fourth-order valence-corrected chi connectivity index (χ4v) is 2.80. The van der Waals surface area contributed by atoms with Crippen LogP contribution in [0.4, 0.5) is 5.82 Å². The average molecular weight is 250 g/mol. The lowest BCUT2D eigenvalue weighted by molar-refractivity contribution is 0.0954. The van der Waals surface area contributed by atoms with E-state index in [1.165, 1.54) is 18.2 Å². The number of thioether (sulfide) groups is 1. The highest BCUT2D eigenvalue weighted by Gasteiger charge is 2.32. The fourth-order valence-electron chi connectivity index (χ4n) is 2.47. The van der Waals surface area contributed by atoms with Gasteiger partial charge < -0.3 is 10.2 Å². The Hall–Kier alpha value is -1.30. The molecule has 1 N–H and O–H groups in total. The number of amides is 1. The van der Waals surface area contributed by atoms with Crippen LogP contribution in [0.25, 0.3) is 0 Å². The number of hydrogen-bond acceptors (Lipinski definition) is 5. The highest BCUT2D eigenvalue weighted by Crippen LogP contribution is 2.29. The molecule has 1 amide bonds. The Bertz CT molecular complexity index is 465. The first-order valence-electron chi connectivity index (χ1n) is 5.75. The number of carbonyl (C=O) groups is 1. The van der Waals surface area contributed by atoms with Crippen LogP contribution in [-0.2, 0) is 0 Å². The molecule has 1 unspecified atom stereocenters. The van der Waals surface area contributed by atoms with Gasteiger partial charge in [-0.05, 0) is 19.1 Å². The molecular weight excluding hydrogens is 236 g/mol. The van der Waals surface area contributed by atoms with Crippen molar-refractivity contribution in [3.05, 3.63) is 11.8 Å². The molecule has 17 heavy (non-hydrogen) atoms. The van der Waals surface area contributed by atoms with Gasteiger partial charge in [0.05, 0.1) is 0 Å². The number of nitrogens with zero attached hydrogens (tertiary/aromatic N) is 3. The zero-order chi connectivity index (χ0) is 11.8. The SMILES string of the molecule is CSc1ncc2c(n1)N1CCCC1CNC2=O. The minimum atomic E-state index is -0.0537. The Labute approximate surface area is 104 Å². The van der Waals surface area contributed by atoms with E-state index in [-0.39, 0.29) is 5.91 Å². The van der Waals surface area contributed by atoms with E-state index in [2.05, 4.69) is 20.2 Å². The van der Waals surface area contributed by atoms with Gasteiger partial charge in [-0.2, -0.15) is 0 Å². The number of rotatable bonds is 1. The van der Waals surface area contributed by atoms with Crippen LogP contribution in [0, 0.1) is 0 Å². The second-order valence-electron chi connectivity index (χ2n) is 4.29. The molecule has 2 aliphatic rings. The molecule has 6 heteroatoms. The van der Waals surface area contributed by atoms with Crippen molar-refractivity contribution in [1.82, 2.24) is 15.3 Å². The van der Waals surface area contributed by atoms with Crippen molar-refractivity contribution in [3.63, 3.8) is 0 Å². The van der Waals surface area contributed by atoms with E-state index in [9.17, 15) is 4.79 Å². The number of hydrogen-bond donors (Lipinski definition) is 1. The molecule has 1 aromatic rings. The molecular formula is C11H14N4OS. The third-order valence-corrected chi connectivity index (χ3v) is 3.88. The summed E-state index contributed by atoms with van der Waals surface area (Å²) in [6.07, 6.45) is 5.88. The van der Waals surface area contributed by atoms with Crippen molar-refractivity contribution in [1.29, 1.82) is 0 Å². The summed E-state index contributed by atoms with van der Waals surface area (Å²) in [6.45, 7) is 1.70. The number of anilines is 1. The Kier molecular flexibility index (Phi) is 2.66. The molecule has 3 rings (SSSR count). The number of aromatic nitrogens is 2. The van der Waals surface area contributed by atoms with E-state index in [1.54, 1.807) is 6.20 Å². The summed E-state index contributed by atoms with van der Waals surface area (Å²) in [6, 6.07) is 0.393. The van der Waals surface area contributed by atoms with E-state index in [0.717, 1.165) is 23.9 Å². The van der Waals surface area contributed by atoms with Gasteiger partial charge in [-0.1, -0.05) is 11.8 Å². The molecule has 5 nitrogen and oxygen atoms in total. The highest BCUT2D eigenvalue weighted by molar-refractivity contribution is 7.98. The summed E-state index contributed by atoms with van der Waals surface area (Å²) in [5.41, 5.74) is 0.604. The molecule has 3 heterocycles. The first-order chi connectivity index (χ1) is 8.29. The number of nitrogens with one attached hydrogen (secondary N) is 1. The zero-order valence-electron chi connectivity index (χ0n) is 9.64. The van der Waals surface area contributed by atoms with Crippen molar-refractivity contribution in [3.8, 4) is 0 Å². The maximum absolute atomic E-state index is 11.9. The van der Waals surface area contributed by atoms with Crippen molar-refractivity contribution >= 4 is 23.5 Å². The maximum Gasteiger partial charge on any atom is 0.256 e. The van der Waals surface area contributed by atoms with Gasteiger partial charge in [-0.25, -0.2) is 9.97 Å². The zero-order valence-corrected chi connectivity index (χ0v) is 10.5. The smallest absolute Gasteiger partial charge is 0.256 e. The second-order valence-corrected chi connectivity index (χ2v) is 5.07. The van der Waals surface area contributed by atoms with Crippen LogP contribution < -0.4 is 10.2 Å². The lowest BCUT2D eigenvalue weighted by Crippen LogP contribution is -2.36.